The van der Waals surface area contributed by atoms with Gasteiger partial charge in [0, 0.05) is 0 Å². The molecule has 15 heavy (non-hydrogen) atoms. The van der Waals surface area contributed by atoms with Gasteiger partial charge in [0.1, 0.15) is 6.54 Å². The molecule has 1 radical (unpaired) electrons. The standard InChI is InChI=1S/C11H12NO3/c1-8(9-5-3-2-4-6-9)11(15)12-7-10(13)14/h2-6,8H,1,7H2,(H,12,15)(H,13,14). The molecule has 0 aliphatic heterocycles. The maximum atomic E-state index is 11.4. The summed E-state index contributed by atoms with van der Waals surface area (Å²) in [6, 6.07) is 9.00. The number of nitrogens with one attached hydrogen (secondary N) is 1. The van der Waals surface area contributed by atoms with Gasteiger partial charge in [-0.15, -0.1) is 0 Å². The highest BCUT2D eigenvalue weighted by molar-refractivity contribution is 5.87. The number of aliphatic carboxylic acids is 1. The van der Waals surface area contributed by atoms with Crippen molar-refractivity contribution in [1.29, 1.82) is 0 Å². The maximum Gasteiger partial charge on any atom is 0.322 e. The van der Waals surface area contributed by atoms with Crippen molar-refractivity contribution in [2.24, 2.45) is 0 Å². The maximum absolute atomic E-state index is 11.4. The molecule has 4 nitrogen and oxygen atoms in total. The molecule has 1 aromatic carbocycles. The van der Waals surface area contributed by atoms with Gasteiger partial charge in [0.05, 0.1) is 5.92 Å². The summed E-state index contributed by atoms with van der Waals surface area (Å²) in [4.78, 5) is 21.6. The second kappa shape index (κ2) is 5.14. The lowest BCUT2D eigenvalue weighted by atomic mass is 10.0. The average molecular weight is 206 g/mol. The van der Waals surface area contributed by atoms with Gasteiger partial charge in [-0.25, -0.2) is 0 Å². The summed E-state index contributed by atoms with van der Waals surface area (Å²) in [7, 11) is 0. The highest BCUT2D eigenvalue weighted by Crippen LogP contribution is 2.13. The zero-order chi connectivity index (χ0) is 11.3. The zero-order valence-electron chi connectivity index (χ0n) is 8.14. The van der Waals surface area contributed by atoms with E-state index in [-0.39, 0.29) is 12.5 Å². The number of hydrogen-bond acceptors (Lipinski definition) is 2. The molecule has 0 aliphatic rings. The van der Waals surface area contributed by atoms with Gasteiger partial charge in [-0.2, -0.15) is 0 Å². The lowest BCUT2D eigenvalue weighted by Crippen LogP contribution is -2.32. The third kappa shape index (κ3) is 3.42. The average Bonchev–Trinajstić information content (AvgIpc) is 2.26. The summed E-state index contributed by atoms with van der Waals surface area (Å²) >= 11 is 0. The summed E-state index contributed by atoms with van der Waals surface area (Å²) in [6.07, 6.45) is 0. The van der Waals surface area contributed by atoms with Crippen molar-refractivity contribution in [3.8, 4) is 0 Å². The van der Waals surface area contributed by atoms with Crippen molar-refractivity contribution in [1.82, 2.24) is 5.32 Å². The summed E-state index contributed by atoms with van der Waals surface area (Å²) in [5, 5.41) is 10.7. The minimum atomic E-state index is -1.07. The number of amides is 1. The van der Waals surface area contributed by atoms with Gasteiger partial charge in [0.15, 0.2) is 0 Å². The molecule has 0 aromatic heterocycles. The van der Waals surface area contributed by atoms with Crippen LogP contribution in [0.3, 0.4) is 0 Å². The van der Waals surface area contributed by atoms with Gasteiger partial charge in [-0.05, 0) is 12.5 Å². The van der Waals surface area contributed by atoms with Crippen LogP contribution in [0.5, 0.6) is 0 Å². The number of carbonyl (C=O) groups is 2. The van der Waals surface area contributed by atoms with E-state index in [0.717, 1.165) is 5.56 Å². The Morgan fingerprint density at radius 2 is 1.93 bits per heavy atom. The Kier molecular flexibility index (Phi) is 3.85. The molecule has 0 bridgehead atoms. The third-order valence-electron chi connectivity index (χ3n) is 1.93. The predicted octanol–water partition coefficient (Wildman–Crippen LogP) is 0.805. The lowest BCUT2D eigenvalue weighted by molar-refractivity contribution is -0.138. The van der Waals surface area contributed by atoms with E-state index in [4.69, 9.17) is 5.11 Å². The first-order chi connectivity index (χ1) is 7.11. The number of benzene rings is 1. The molecule has 1 amide bonds. The molecule has 0 heterocycles. The molecule has 2 N–H and O–H groups in total. The smallest absolute Gasteiger partial charge is 0.322 e. The summed E-state index contributed by atoms with van der Waals surface area (Å²) < 4.78 is 0. The van der Waals surface area contributed by atoms with E-state index < -0.39 is 11.9 Å². The normalized spacial score (nSPS) is 11.8. The van der Waals surface area contributed by atoms with E-state index in [1.807, 2.05) is 6.07 Å². The summed E-state index contributed by atoms with van der Waals surface area (Å²) in [6.45, 7) is 3.30. The van der Waals surface area contributed by atoms with Crippen LogP contribution >= 0.6 is 0 Å². The number of carboxylic acids is 1. The van der Waals surface area contributed by atoms with Crippen LogP contribution < -0.4 is 5.32 Å². The first kappa shape index (κ1) is 11.2. The van der Waals surface area contributed by atoms with Crippen LogP contribution in [0, 0.1) is 6.92 Å². The van der Waals surface area contributed by atoms with Gasteiger partial charge in [0.2, 0.25) is 5.91 Å². The zero-order valence-corrected chi connectivity index (χ0v) is 8.14. The number of carboxylic acid groups (broad SMARTS) is 1. The van der Waals surface area contributed by atoms with E-state index in [2.05, 4.69) is 12.2 Å². The Morgan fingerprint density at radius 1 is 1.33 bits per heavy atom. The van der Waals surface area contributed by atoms with Crippen LogP contribution in [0.15, 0.2) is 30.3 Å². The van der Waals surface area contributed by atoms with Crippen LogP contribution in [0.25, 0.3) is 0 Å². The van der Waals surface area contributed by atoms with Crippen LogP contribution in [-0.2, 0) is 9.59 Å². The highest BCUT2D eigenvalue weighted by Gasteiger charge is 2.14. The second-order valence-electron chi connectivity index (χ2n) is 3.07. The van der Waals surface area contributed by atoms with Crippen molar-refractivity contribution in [3.63, 3.8) is 0 Å². The SMILES string of the molecule is [CH2]C(C(=O)NCC(=O)O)c1ccccc1. The van der Waals surface area contributed by atoms with Gasteiger partial charge in [-0.1, -0.05) is 30.3 Å². The topological polar surface area (TPSA) is 66.4 Å². The van der Waals surface area contributed by atoms with Crippen molar-refractivity contribution in [2.75, 3.05) is 6.54 Å². The van der Waals surface area contributed by atoms with E-state index in [9.17, 15) is 9.59 Å². The third-order valence-corrected chi connectivity index (χ3v) is 1.93. The molecular weight excluding hydrogens is 194 g/mol. The molecular formula is C11H12NO3. The summed E-state index contributed by atoms with van der Waals surface area (Å²) in [5.74, 6) is -2.03. The molecule has 1 aromatic rings. The predicted molar refractivity (Wildman–Crippen MR) is 55.2 cm³/mol. The minimum Gasteiger partial charge on any atom is -0.480 e. The lowest BCUT2D eigenvalue weighted by Gasteiger charge is -2.10. The fourth-order valence-electron chi connectivity index (χ4n) is 1.12. The van der Waals surface area contributed by atoms with Crippen LogP contribution in [-0.4, -0.2) is 23.5 Å². The molecule has 0 saturated heterocycles. The minimum absolute atomic E-state index is 0.377. The quantitative estimate of drug-likeness (QED) is 0.766. The number of rotatable bonds is 4. The Balaban J connectivity index is 2.57. The van der Waals surface area contributed by atoms with Crippen molar-refractivity contribution < 1.29 is 14.7 Å². The Hall–Kier alpha value is -1.84. The molecule has 1 unspecified atom stereocenters. The molecule has 1 rings (SSSR count). The van der Waals surface area contributed by atoms with E-state index >= 15 is 0 Å². The fraction of sp³-hybridized carbons (Fsp3) is 0.182. The number of hydrogen-bond donors (Lipinski definition) is 2. The molecule has 0 fully saturated rings. The van der Waals surface area contributed by atoms with E-state index in [0.29, 0.717) is 0 Å². The van der Waals surface area contributed by atoms with Crippen molar-refractivity contribution >= 4 is 11.9 Å². The van der Waals surface area contributed by atoms with Crippen molar-refractivity contribution in [2.45, 2.75) is 5.92 Å². The van der Waals surface area contributed by atoms with Gasteiger partial charge in [-0.3, -0.25) is 9.59 Å². The Labute approximate surface area is 87.9 Å². The van der Waals surface area contributed by atoms with Gasteiger partial charge < -0.3 is 10.4 Å². The Morgan fingerprint density at radius 3 is 2.47 bits per heavy atom. The molecule has 4 heteroatoms. The number of carbonyl (C=O) groups excluding carboxylic acids is 1. The first-order valence-corrected chi connectivity index (χ1v) is 4.49. The molecule has 1 atom stereocenters. The van der Waals surface area contributed by atoms with Gasteiger partial charge >= 0.3 is 5.97 Å². The Bertz CT molecular complexity index is 348. The fourth-order valence-corrected chi connectivity index (χ4v) is 1.12. The summed E-state index contributed by atoms with van der Waals surface area (Å²) in [5.41, 5.74) is 0.764. The van der Waals surface area contributed by atoms with Crippen molar-refractivity contribution in [3.05, 3.63) is 42.8 Å². The largest absolute Gasteiger partial charge is 0.480 e. The van der Waals surface area contributed by atoms with E-state index in [1.54, 1.807) is 24.3 Å². The van der Waals surface area contributed by atoms with Crippen LogP contribution in [0.2, 0.25) is 0 Å². The molecule has 0 aliphatic carbocycles. The van der Waals surface area contributed by atoms with Crippen LogP contribution in [0.1, 0.15) is 11.5 Å². The second-order valence-corrected chi connectivity index (χ2v) is 3.07. The molecule has 79 valence electrons. The molecule has 0 saturated carbocycles. The highest BCUT2D eigenvalue weighted by atomic mass is 16.4. The first-order valence-electron chi connectivity index (χ1n) is 4.49. The van der Waals surface area contributed by atoms with Gasteiger partial charge in [0.25, 0.3) is 0 Å². The monoisotopic (exact) mass is 206 g/mol. The van der Waals surface area contributed by atoms with E-state index in [1.165, 1.54) is 0 Å². The molecule has 0 spiro atoms. The van der Waals surface area contributed by atoms with Crippen LogP contribution in [0.4, 0.5) is 0 Å².